The average Bonchev–Trinajstić information content (AvgIpc) is 2.09. The second kappa shape index (κ2) is 4.11. The highest BCUT2D eigenvalue weighted by Crippen LogP contribution is 2.35. The van der Waals surface area contributed by atoms with Crippen molar-refractivity contribution in [2.75, 3.05) is 0 Å². The molecule has 1 rings (SSSR count). The summed E-state index contributed by atoms with van der Waals surface area (Å²) in [5.41, 5.74) is -0.332. The van der Waals surface area contributed by atoms with Crippen molar-refractivity contribution in [3.05, 3.63) is 33.8 Å². The highest BCUT2D eigenvalue weighted by molar-refractivity contribution is 6.31. The van der Waals surface area contributed by atoms with Gasteiger partial charge in [-0.2, -0.15) is 18.4 Å². The predicted octanol–water partition coefficient (Wildman–Crippen LogP) is 3.73. The van der Waals surface area contributed by atoms with E-state index in [1.165, 1.54) is 6.07 Å². The van der Waals surface area contributed by atoms with Gasteiger partial charge in [-0.15, -0.1) is 0 Å². The summed E-state index contributed by atoms with van der Waals surface area (Å²) in [5, 5.41) is 8.48. The second-order valence-corrected chi connectivity index (χ2v) is 3.50. The van der Waals surface area contributed by atoms with Crippen molar-refractivity contribution < 1.29 is 13.2 Å². The zero-order valence-corrected chi connectivity index (χ0v) is 8.58. The molecular formula is C10H7ClF3N. The number of halogens is 4. The Balaban J connectivity index is 3.36. The molecule has 0 saturated carbocycles. The monoisotopic (exact) mass is 233 g/mol. The van der Waals surface area contributed by atoms with E-state index in [1.807, 2.05) is 0 Å². The first kappa shape index (κ1) is 11.9. The quantitative estimate of drug-likeness (QED) is 0.725. The van der Waals surface area contributed by atoms with Crippen molar-refractivity contribution in [2.45, 2.75) is 19.5 Å². The lowest BCUT2D eigenvalue weighted by molar-refractivity contribution is -0.138. The molecule has 0 spiro atoms. The Morgan fingerprint density at radius 3 is 2.47 bits per heavy atom. The summed E-state index contributed by atoms with van der Waals surface area (Å²) in [6.45, 7) is 1.60. The van der Waals surface area contributed by atoms with Gasteiger partial charge in [-0.1, -0.05) is 17.7 Å². The lowest BCUT2D eigenvalue weighted by Crippen LogP contribution is -2.09. The lowest BCUT2D eigenvalue weighted by atomic mass is 10.0. The SMILES string of the molecule is Cc1cc(CC#N)c(C(F)(F)F)cc1Cl. The van der Waals surface area contributed by atoms with Gasteiger partial charge in [0, 0.05) is 5.02 Å². The van der Waals surface area contributed by atoms with E-state index < -0.39 is 11.7 Å². The van der Waals surface area contributed by atoms with E-state index in [-0.39, 0.29) is 17.0 Å². The molecule has 1 aromatic rings. The van der Waals surface area contributed by atoms with E-state index in [0.29, 0.717) is 5.56 Å². The van der Waals surface area contributed by atoms with Crippen LogP contribution in [0.25, 0.3) is 0 Å². The molecule has 1 nitrogen and oxygen atoms in total. The molecule has 0 aliphatic rings. The minimum absolute atomic E-state index is 0.0353. The van der Waals surface area contributed by atoms with Crippen LogP contribution in [0.2, 0.25) is 5.02 Å². The summed E-state index contributed by atoms with van der Waals surface area (Å²) >= 11 is 5.61. The molecule has 0 N–H and O–H groups in total. The first-order chi connectivity index (χ1) is 6.86. The standard InChI is InChI=1S/C10H7ClF3N/c1-6-4-7(2-3-15)8(5-9(6)11)10(12,13)14/h4-5H,2H2,1H3. The van der Waals surface area contributed by atoms with Crippen LogP contribution in [-0.2, 0) is 12.6 Å². The number of rotatable bonds is 1. The Morgan fingerprint density at radius 2 is 2.00 bits per heavy atom. The van der Waals surface area contributed by atoms with E-state index in [4.69, 9.17) is 16.9 Å². The summed E-state index contributed by atoms with van der Waals surface area (Å²) in [4.78, 5) is 0. The Kier molecular flexibility index (Phi) is 3.25. The molecule has 15 heavy (non-hydrogen) atoms. The topological polar surface area (TPSA) is 23.8 Å². The van der Waals surface area contributed by atoms with Crippen LogP contribution in [0.1, 0.15) is 16.7 Å². The maximum atomic E-state index is 12.5. The van der Waals surface area contributed by atoms with Crippen molar-refractivity contribution in [3.8, 4) is 6.07 Å². The van der Waals surface area contributed by atoms with Crippen LogP contribution in [0, 0.1) is 18.3 Å². The fourth-order valence-electron chi connectivity index (χ4n) is 1.24. The van der Waals surface area contributed by atoms with Crippen LogP contribution in [0.15, 0.2) is 12.1 Å². The Hall–Kier alpha value is -1.21. The van der Waals surface area contributed by atoms with Crippen LogP contribution in [0.5, 0.6) is 0 Å². The molecule has 0 bridgehead atoms. The number of nitriles is 1. The first-order valence-electron chi connectivity index (χ1n) is 4.09. The molecule has 0 radical (unpaired) electrons. The van der Waals surface area contributed by atoms with Crippen LogP contribution in [0.4, 0.5) is 13.2 Å². The number of benzene rings is 1. The van der Waals surface area contributed by atoms with Crippen molar-refractivity contribution in [1.82, 2.24) is 0 Å². The molecule has 0 atom stereocenters. The number of alkyl halides is 3. The van der Waals surface area contributed by atoms with Gasteiger partial charge in [0.2, 0.25) is 0 Å². The maximum Gasteiger partial charge on any atom is 0.416 e. The molecule has 80 valence electrons. The van der Waals surface area contributed by atoms with Gasteiger partial charge >= 0.3 is 6.18 Å². The average molecular weight is 234 g/mol. The van der Waals surface area contributed by atoms with Gasteiger partial charge in [0.1, 0.15) is 0 Å². The maximum absolute atomic E-state index is 12.5. The molecule has 0 fully saturated rings. The predicted molar refractivity (Wildman–Crippen MR) is 50.5 cm³/mol. The van der Waals surface area contributed by atoms with E-state index in [2.05, 4.69) is 0 Å². The van der Waals surface area contributed by atoms with E-state index in [1.54, 1.807) is 13.0 Å². The smallest absolute Gasteiger partial charge is 0.198 e. The molecule has 5 heteroatoms. The van der Waals surface area contributed by atoms with Gasteiger partial charge in [0.25, 0.3) is 0 Å². The minimum Gasteiger partial charge on any atom is -0.198 e. The molecule has 0 aliphatic heterocycles. The van der Waals surface area contributed by atoms with Crippen LogP contribution < -0.4 is 0 Å². The summed E-state index contributed by atoms with van der Waals surface area (Å²) < 4.78 is 37.5. The largest absolute Gasteiger partial charge is 0.416 e. The summed E-state index contributed by atoms with van der Waals surface area (Å²) in [6, 6.07) is 3.86. The van der Waals surface area contributed by atoms with Crippen LogP contribution in [-0.4, -0.2) is 0 Å². The summed E-state index contributed by atoms with van der Waals surface area (Å²) in [5.74, 6) is 0. The van der Waals surface area contributed by atoms with E-state index in [9.17, 15) is 13.2 Å². The minimum atomic E-state index is -4.47. The van der Waals surface area contributed by atoms with Gasteiger partial charge in [-0.25, -0.2) is 0 Å². The van der Waals surface area contributed by atoms with Gasteiger partial charge in [-0.3, -0.25) is 0 Å². The van der Waals surface area contributed by atoms with Gasteiger partial charge in [0.15, 0.2) is 0 Å². The summed E-state index contributed by atoms with van der Waals surface area (Å²) in [7, 11) is 0. The zero-order valence-electron chi connectivity index (χ0n) is 7.82. The third-order valence-corrected chi connectivity index (χ3v) is 2.37. The van der Waals surface area contributed by atoms with Gasteiger partial charge in [-0.05, 0) is 24.1 Å². The van der Waals surface area contributed by atoms with Gasteiger partial charge < -0.3 is 0 Å². The normalized spacial score (nSPS) is 11.2. The molecule has 0 saturated heterocycles. The van der Waals surface area contributed by atoms with Crippen LogP contribution >= 0.6 is 11.6 Å². The molecule has 1 aromatic carbocycles. The first-order valence-corrected chi connectivity index (χ1v) is 4.47. The molecule has 0 aromatic heterocycles. The van der Waals surface area contributed by atoms with E-state index >= 15 is 0 Å². The fourth-order valence-corrected chi connectivity index (χ4v) is 1.40. The number of hydrogen-bond donors (Lipinski definition) is 0. The molecule has 0 amide bonds. The number of nitrogens with zero attached hydrogens (tertiary/aromatic N) is 1. The van der Waals surface area contributed by atoms with E-state index in [0.717, 1.165) is 6.07 Å². The highest BCUT2D eigenvalue weighted by atomic mass is 35.5. The fraction of sp³-hybridized carbons (Fsp3) is 0.300. The lowest BCUT2D eigenvalue weighted by Gasteiger charge is -2.12. The third-order valence-electron chi connectivity index (χ3n) is 1.96. The van der Waals surface area contributed by atoms with Crippen molar-refractivity contribution in [3.63, 3.8) is 0 Å². The van der Waals surface area contributed by atoms with Gasteiger partial charge in [0.05, 0.1) is 18.1 Å². The van der Waals surface area contributed by atoms with Crippen molar-refractivity contribution in [2.24, 2.45) is 0 Å². The second-order valence-electron chi connectivity index (χ2n) is 3.09. The third kappa shape index (κ3) is 2.63. The Bertz CT molecular complexity index is 418. The van der Waals surface area contributed by atoms with Crippen molar-refractivity contribution in [1.29, 1.82) is 5.26 Å². The number of aryl methyl sites for hydroxylation is 1. The Labute approximate surface area is 90.1 Å². The molecule has 0 unspecified atom stereocenters. The Morgan fingerprint density at radius 1 is 1.40 bits per heavy atom. The van der Waals surface area contributed by atoms with Crippen molar-refractivity contribution >= 4 is 11.6 Å². The molecule has 0 aliphatic carbocycles. The number of hydrogen-bond acceptors (Lipinski definition) is 1. The van der Waals surface area contributed by atoms with Crippen LogP contribution in [0.3, 0.4) is 0 Å². The molecular weight excluding hydrogens is 227 g/mol. The molecule has 0 heterocycles. The zero-order chi connectivity index (χ0) is 11.6. The highest BCUT2D eigenvalue weighted by Gasteiger charge is 2.33. The summed E-state index contributed by atoms with van der Waals surface area (Å²) in [6.07, 6.45) is -4.74.